The van der Waals surface area contributed by atoms with Crippen molar-refractivity contribution in [3.8, 4) is 0 Å². The van der Waals surface area contributed by atoms with Crippen LogP contribution in [0.4, 0.5) is 11.4 Å². The van der Waals surface area contributed by atoms with Crippen LogP contribution in [0.2, 0.25) is 0 Å². The summed E-state index contributed by atoms with van der Waals surface area (Å²) >= 11 is 3.82. The third-order valence-corrected chi connectivity index (χ3v) is 7.55. The largest absolute Gasteiger partial charge is 0.186 e. The van der Waals surface area contributed by atoms with Gasteiger partial charge in [0.25, 0.3) is 0 Å². The lowest BCUT2D eigenvalue weighted by Crippen LogP contribution is -1.94. The first kappa shape index (κ1) is 20.3. The Bertz CT molecular complexity index is 836. The molecule has 2 aromatic rings. The van der Waals surface area contributed by atoms with Crippen molar-refractivity contribution in [1.29, 1.82) is 0 Å². The van der Waals surface area contributed by atoms with E-state index >= 15 is 0 Å². The SMILES string of the molecule is Cc1ccc(C(C)C)c2c1SCCSc1c(C)ccc(C(C)C)c1N=C=N2. The maximum atomic E-state index is 4.75. The quantitative estimate of drug-likeness (QED) is 0.515. The van der Waals surface area contributed by atoms with Gasteiger partial charge in [0.05, 0.1) is 11.4 Å². The first-order chi connectivity index (χ1) is 12.9. The summed E-state index contributed by atoms with van der Waals surface area (Å²) in [6, 6.07) is 11.9. The molecule has 0 bridgehead atoms. The molecule has 0 aliphatic carbocycles. The van der Waals surface area contributed by atoms with Crippen molar-refractivity contribution in [1.82, 2.24) is 0 Å². The molecule has 0 unspecified atom stereocenters. The Balaban J connectivity index is 2.22. The van der Waals surface area contributed by atoms with E-state index in [1.807, 2.05) is 23.5 Å². The zero-order chi connectivity index (χ0) is 19.6. The molecule has 0 saturated carbocycles. The molecular weight excluding hydrogens is 368 g/mol. The summed E-state index contributed by atoms with van der Waals surface area (Å²) in [7, 11) is 0. The van der Waals surface area contributed by atoms with Crippen LogP contribution >= 0.6 is 23.5 Å². The van der Waals surface area contributed by atoms with E-state index in [0.717, 1.165) is 22.9 Å². The summed E-state index contributed by atoms with van der Waals surface area (Å²) in [5, 5.41) is 0. The molecule has 1 aliphatic rings. The number of fused-ring (bicyclic) bond motifs is 2. The standard InChI is InChI=1S/C23H28N2S2/c1-14(2)18-9-7-16(5)22-20(18)24-13-25-21-19(15(3)4)10-8-17(6)23(21)27-12-11-26-22/h7-10,14-15H,11-12H2,1-6H3. The molecule has 0 saturated heterocycles. The molecule has 2 nitrogen and oxygen atoms in total. The molecule has 0 atom stereocenters. The molecule has 1 heterocycles. The fraction of sp³-hybridized carbons (Fsp3) is 0.435. The smallest absolute Gasteiger partial charge is 0.101 e. The minimum atomic E-state index is 0.422. The average molecular weight is 397 g/mol. The van der Waals surface area contributed by atoms with E-state index in [4.69, 9.17) is 9.98 Å². The van der Waals surface area contributed by atoms with Crippen molar-refractivity contribution in [2.45, 2.75) is 63.2 Å². The van der Waals surface area contributed by atoms with Gasteiger partial charge in [-0.05, 0) is 47.9 Å². The third kappa shape index (κ3) is 4.34. The van der Waals surface area contributed by atoms with Crippen LogP contribution in [-0.4, -0.2) is 17.5 Å². The fourth-order valence-corrected chi connectivity index (χ4v) is 5.58. The third-order valence-electron chi connectivity index (χ3n) is 4.86. The molecule has 0 amide bonds. The second-order valence-corrected chi connectivity index (χ2v) is 9.84. The Morgan fingerprint density at radius 2 is 1.15 bits per heavy atom. The number of thioether (sulfide) groups is 2. The number of hydrogen-bond donors (Lipinski definition) is 0. The zero-order valence-corrected chi connectivity index (χ0v) is 18.7. The Labute approximate surface area is 172 Å². The van der Waals surface area contributed by atoms with Crippen molar-refractivity contribution in [3.63, 3.8) is 0 Å². The Hall–Kier alpha value is -1.48. The second-order valence-electron chi connectivity index (χ2n) is 7.63. The Kier molecular flexibility index (Phi) is 6.52. The lowest BCUT2D eigenvalue weighted by molar-refractivity contribution is 0.860. The first-order valence-electron chi connectivity index (χ1n) is 9.59. The van der Waals surface area contributed by atoms with E-state index in [1.165, 1.54) is 32.0 Å². The van der Waals surface area contributed by atoms with Gasteiger partial charge in [-0.25, -0.2) is 0 Å². The van der Waals surface area contributed by atoms with Gasteiger partial charge in [0.2, 0.25) is 0 Å². The number of hydrogen-bond acceptors (Lipinski definition) is 4. The Morgan fingerprint density at radius 1 is 0.741 bits per heavy atom. The van der Waals surface area contributed by atoms with Crippen LogP contribution in [0, 0.1) is 13.8 Å². The minimum absolute atomic E-state index is 0.422. The van der Waals surface area contributed by atoms with Crippen LogP contribution in [0.15, 0.2) is 44.0 Å². The number of benzene rings is 2. The molecule has 0 radical (unpaired) electrons. The van der Waals surface area contributed by atoms with Crippen molar-refractivity contribution in [2.24, 2.45) is 9.98 Å². The number of aryl methyl sites for hydroxylation is 2. The van der Waals surface area contributed by atoms with Crippen molar-refractivity contribution >= 4 is 40.9 Å². The number of rotatable bonds is 2. The summed E-state index contributed by atoms with van der Waals surface area (Å²) in [6.07, 6.45) is 0. The van der Waals surface area contributed by atoms with Crippen LogP contribution < -0.4 is 0 Å². The van der Waals surface area contributed by atoms with Crippen LogP contribution in [0.25, 0.3) is 0 Å². The zero-order valence-electron chi connectivity index (χ0n) is 17.1. The van der Waals surface area contributed by atoms with Gasteiger partial charge in [0.1, 0.15) is 6.01 Å². The molecule has 0 aromatic heterocycles. The predicted molar refractivity (Wildman–Crippen MR) is 121 cm³/mol. The van der Waals surface area contributed by atoms with Gasteiger partial charge < -0.3 is 0 Å². The molecule has 0 fully saturated rings. The lowest BCUT2D eigenvalue weighted by atomic mass is 9.99. The summed E-state index contributed by atoms with van der Waals surface area (Å²) < 4.78 is 0. The van der Waals surface area contributed by atoms with Gasteiger partial charge in [0.15, 0.2) is 0 Å². The normalized spacial score (nSPS) is 14.2. The summed E-state index contributed by atoms with van der Waals surface area (Å²) in [6.45, 7) is 13.2. The summed E-state index contributed by atoms with van der Waals surface area (Å²) in [5.41, 5.74) is 7.20. The predicted octanol–water partition coefficient (Wildman–Crippen LogP) is 7.89. The Morgan fingerprint density at radius 3 is 1.52 bits per heavy atom. The van der Waals surface area contributed by atoms with Crippen LogP contribution in [0.1, 0.15) is 61.8 Å². The monoisotopic (exact) mass is 396 g/mol. The first-order valence-corrected chi connectivity index (χ1v) is 11.6. The van der Waals surface area contributed by atoms with Crippen molar-refractivity contribution in [3.05, 3.63) is 46.5 Å². The molecule has 4 heteroatoms. The van der Waals surface area contributed by atoms with Crippen LogP contribution in [-0.2, 0) is 0 Å². The van der Waals surface area contributed by atoms with Crippen LogP contribution in [0.3, 0.4) is 0 Å². The highest BCUT2D eigenvalue weighted by Gasteiger charge is 2.17. The highest BCUT2D eigenvalue weighted by Crippen LogP contribution is 2.42. The molecule has 142 valence electrons. The molecule has 27 heavy (non-hydrogen) atoms. The van der Waals surface area contributed by atoms with Gasteiger partial charge in [-0.2, -0.15) is 9.98 Å². The minimum Gasteiger partial charge on any atom is -0.186 e. The van der Waals surface area contributed by atoms with Gasteiger partial charge in [0, 0.05) is 21.3 Å². The van der Waals surface area contributed by atoms with E-state index in [9.17, 15) is 0 Å². The molecule has 0 N–H and O–H groups in total. The number of aliphatic imine (C=N–C) groups is 2. The van der Waals surface area contributed by atoms with Gasteiger partial charge >= 0.3 is 0 Å². The maximum absolute atomic E-state index is 4.75. The molecular formula is C23H28N2S2. The molecule has 1 aliphatic heterocycles. The van der Waals surface area contributed by atoms with Crippen LogP contribution in [0.5, 0.6) is 0 Å². The van der Waals surface area contributed by atoms with E-state index in [1.54, 1.807) is 0 Å². The lowest BCUT2D eigenvalue weighted by Gasteiger charge is -2.16. The topological polar surface area (TPSA) is 24.7 Å². The van der Waals surface area contributed by atoms with Gasteiger partial charge in [-0.1, -0.05) is 52.0 Å². The number of nitrogens with zero attached hydrogens (tertiary/aromatic N) is 2. The van der Waals surface area contributed by atoms with E-state index < -0.39 is 0 Å². The highest BCUT2D eigenvalue weighted by atomic mass is 32.2. The van der Waals surface area contributed by atoms with Crippen molar-refractivity contribution in [2.75, 3.05) is 11.5 Å². The van der Waals surface area contributed by atoms with E-state index in [-0.39, 0.29) is 0 Å². The molecule has 0 spiro atoms. The van der Waals surface area contributed by atoms with Gasteiger partial charge in [-0.3, -0.25) is 0 Å². The fourth-order valence-electron chi connectivity index (χ4n) is 3.31. The summed E-state index contributed by atoms with van der Waals surface area (Å²) in [5.74, 6) is 2.96. The molecule has 3 rings (SSSR count). The van der Waals surface area contributed by atoms with Crippen molar-refractivity contribution < 1.29 is 0 Å². The second kappa shape index (κ2) is 8.68. The highest BCUT2D eigenvalue weighted by molar-refractivity contribution is 8.03. The van der Waals surface area contributed by atoms with Gasteiger partial charge in [-0.15, -0.1) is 23.5 Å². The maximum Gasteiger partial charge on any atom is 0.101 e. The average Bonchev–Trinajstić information content (AvgIpc) is 2.65. The van der Waals surface area contributed by atoms with E-state index in [0.29, 0.717) is 11.8 Å². The molecule has 2 aromatic carbocycles. The van der Waals surface area contributed by atoms with E-state index in [2.05, 4.69) is 71.8 Å². The summed E-state index contributed by atoms with van der Waals surface area (Å²) in [4.78, 5) is 12.1.